The van der Waals surface area contributed by atoms with Gasteiger partial charge in [-0.2, -0.15) is 0 Å². The second-order valence-corrected chi connectivity index (χ2v) is 9.98. The molecule has 0 atom stereocenters. The Hall–Kier alpha value is -3.08. The minimum absolute atomic E-state index is 0.0960. The Morgan fingerprint density at radius 1 is 0.857 bits per heavy atom. The van der Waals surface area contributed by atoms with Gasteiger partial charge in [-0.25, -0.2) is 0 Å². The molecule has 0 fully saturated rings. The average Bonchev–Trinajstić information content (AvgIpc) is 2.82. The van der Waals surface area contributed by atoms with Crippen LogP contribution in [0.25, 0.3) is 6.08 Å². The van der Waals surface area contributed by atoms with E-state index in [-0.39, 0.29) is 17.1 Å². The van der Waals surface area contributed by atoms with Gasteiger partial charge >= 0.3 is 0 Å². The molecule has 190 valence electrons. The van der Waals surface area contributed by atoms with Gasteiger partial charge in [0.1, 0.15) is 11.5 Å². The van der Waals surface area contributed by atoms with Gasteiger partial charge in [0.05, 0.1) is 18.8 Å². The third kappa shape index (κ3) is 7.98. The van der Waals surface area contributed by atoms with Crippen LogP contribution in [0.2, 0.25) is 0 Å². The lowest BCUT2D eigenvalue weighted by Gasteiger charge is -2.25. The summed E-state index contributed by atoms with van der Waals surface area (Å²) in [5.41, 5.74) is 2.80. The topological polar surface area (TPSA) is 55.8 Å². The van der Waals surface area contributed by atoms with Crippen molar-refractivity contribution in [3.05, 3.63) is 64.7 Å². The highest BCUT2D eigenvalue weighted by atomic mass is 16.5. The zero-order chi connectivity index (χ0) is 26.0. The Labute approximate surface area is 211 Å². The van der Waals surface area contributed by atoms with Crippen LogP contribution in [-0.2, 0) is 5.41 Å². The van der Waals surface area contributed by atoms with E-state index in [1.54, 1.807) is 50.5 Å². The van der Waals surface area contributed by atoms with Crippen molar-refractivity contribution in [2.75, 3.05) is 27.3 Å². The maximum Gasteiger partial charge on any atom is 0.253 e. The molecule has 0 aliphatic carbocycles. The number of allylic oxidation sites excluding steroid dienone is 1. The fourth-order valence-corrected chi connectivity index (χ4v) is 3.55. The number of carbonyl (C=O) groups is 2. The first-order valence-corrected chi connectivity index (χ1v) is 12.6. The molecule has 0 saturated carbocycles. The van der Waals surface area contributed by atoms with Crippen LogP contribution in [0.15, 0.2) is 42.5 Å². The quantitative estimate of drug-likeness (QED) is 0.188. The Bertz CT molecular complexity index is 1010. The SMILES string of the molecule is CCCCOc1ccc(C(C)(C)C)c(OCCCC)c1C=CC(=O)c1ccc(C(=O)N(C)C)cc1. The number of nitrogens with zero attached hydrogens (tertiary/aromatic N) is 1. The molecule has 2 rings (SSSR count). The molecule has 2 aromatic rings. The second kappa shape index (κ2) is 13.1. The Morgan fingerprint density at radius 3 is 1.97 bits per heavy atom. The molecule has 0 aliphatic heterocycles. The van der Waals surface area contributed by atoms with Crippen molar-refractivity contribution in [1.82, 2.24) is 4.90 Å². The fraction of sp³-hybridized carbons (Fsp3) is 0.467. The van der Waals surface area contributed by atoms with Gasteiger partial charge in [-0.1, -0.05) is 65.7 Å². The lowest BCUT2D eigenvalue weighted by atomic mass is 9.84. The van der Waals surface area contributed by atoms with Crippen molar-refractivity contribution in [2.45, 2.75) is 65.7 Å². The number of ether oxygens (including phenoxy) is 2. The molecule has 0 heterocycles. The molecule has 5 nitrogen and oxygen atoms in total. The highest BCUT2D eigenvalue weighted by Crippen LogP contribution is 2.40. The van der Waals surface area contributed by atoms with Crippen LogP contribution in [0.1, 0.15) is 92.1 Å². The summed E-state index contributed by atoms with van der Waals surface area (Å²) in [6.45, 7) is 11.9. The summed E-state index contributed by atoms with van der Waals surface area (Å²) in [7, 11) is 3.41. The standard InChI is InChI=1S/C30H41NO4/c1-8-10-20-34-27-19-17-25(30(3,4)5)28(35-21-11-9-2)24(27)16-18-26(32)22-12-14-23(15-13-22)29(33)31(6)7/h12-19H,8-11,20-21H2,1-7H3. The zero-order valence-corrected chi connectivity index (χ0v) is 22.4. The van der Waals surface area contributed by atoms with Gasteiger partial charge in [0.25, 0.3) is 5.91 Å². The third-order valence-electron chi connectivity index (χ3n) is 5.69. The first kappa shape index (κ1) is 28.2. The van der Waals surface area contributed by atoms with Crippen molar-refractivity contribution in [1.29, 1.82) is 0 Å². The molecule has 0 spiro atoms. The minimum Gasteiger partial charge on any atom is -0.493 e. The van der Waals surface area contributed by atoms with Crippen LogP contribution in [0.3, 0.4) is 0 Å². The monoisotopic (exact) mass is 479 g/mol. The molecular formula is C30H41NO4. The second-order valence-electron chi connectivity index (χ2n) is 9.98. The molecule has 0 unspecified atom stereocenters. The first-order chi connectivity index (χ1) is 16.6. The smallest absolute Gasteiger partial charge is 0.253 e. The van der Waals surface area contributed by atoms with E-state index in [1.165, 1.54) is 4.90 Å². The molecule has 5 heteroatoms. The number of carbonyl (C=O) groups excluding carboxylic acids is 2. The van der Waals surface area contributed by atoms with Gasteiger partial charge in [0.15, 0.2) is 5.78 Å². The molecule has 0 N–H and O–H groups in total. The van der Waals surface area contributed by atoms with Crippen LogP contribution in [0, 0.1) is 0 Å². The number of ketones is 1. The number of hydrogen-bond donors (Lipinski definition) is 0. The van der Waals surface area contributed by atoms with Crippen LogP contribution < -0.4 is 9.47 Å². The average molecular weight is 480 g/mol. The van der Waals surface area contributed by atoms with E-state index in [4.69, 9.17) is 9.47 Å². The number of amides is 1. The summed E-state index contributed by atoms with van der Waals surface area (Å²) in [6, 6.07) is 10.8. The van der Waals surface area contributed by atoms with E-state index >= 15 is 0 Å². The maximum absolute atomic E-state index is 13.0. The third-order valence-corrected chi connectivity index (χ3v) is 5.69. The number of rotatable bonds is 12. The summed E-state index contributed by atoms with van der Waals surface area (Å²) in [5, 5.41) is 0. The molecule has 35 heavy (non-hydrogen) atoms. The van der Waals surface area contributed by atoms with Crippen molar-refractivity contribution >= 4 is 17.8 Å². The minimum atomic E-state index is -0.144. The van der Waals surface area contributed by atoms with E-state index in [9.17, 15) is 9.59 Å². The Morgan fingerprint density at radius 2 is 1.43 bits per heavy atom. The van der Waals surface area contributed by atoms with E-state index in [0.29, 0.717) is 30.1 Å². The Kier molecular flexibility index (Phi) is 10.6. The predicted octanol–water partition coefficient (Wildman–Crippen LogP) is 6.94. The molecule has 2 aromatic carbocycles. The number of benzene rings is 2. The van der Waals surface area contributed by atoms with Crippen LogP contribution in [0.4, 0.5) is 0 Å². The normalized spacial score (nSPS) is 11.5. The molecule has 0 bridgehead atoms. The van der Waals surface area contributed by atoms with E-state index in [1.807, 2.05) is 6.07 Å². The molecular weight excluding hydrogens is 438 g/mol. The fourth-order valence-electron chi connectivity index (χ4n) is 3.55. The van der Waals surface area contributed by atoms with Crippen molar-refractivity contribution < 1.29 is 19.1 Å². The summed E-state index contributed by atoms with van der Waals surface area (Å²) in [5.74, 6) is 1.25. The van der Waals surface area contributed by atoms with Gasteiger partial charge in [-0.05, 0) is 48.6 Å². The lowest BCUT2D eigenvalue weighted by molar-refractivity contribution is 0.0827. The van der Waals surface area contributed by atoms with Gasteiger partial charge in [0.2, 0.25) is 0 Å². The van der Waals surface area contributed by atoms with Gasteiger partial charge in [-0.15, -0.1) is 0 Å². The summed E-state index contributed by atoms with van der Waals surface area (Å²) < 4.78 is 12.4. The molecule has 1 amide bonds. The zero-order valence-electron chi connectivity index (χ0n) is 22.4. The molecule has 0 aromatic heterocycles. The molecule has 0 radical (unpaired) electrons. The molecule has 0 aliphatic rings. The summed E-state index contributed by atoms with van der Waals surface area (Å²) in [4.78, 5) is 26.6. The summed E-state index contributed by atoms with van der Waals surface area (Å²) >= 11 is 0. The van der Waals surface area contributed by atoms with E-state index in [0.717, 1.165) is 42.6 Å². The van der Waals surface area contributed by atoms with Crippen LogP contribution >= 0.6 is 0 Å². The van der Waals surface area contributed by atoms with Gasteiger partial charge in [-0.3, -0.25) is 9.59 Å². The van der Waals surface area contributed by atoms with E-state index in [2.05, 4.69) is 40.7 Å². The first-order valence-electron chi connectivity index (χ1n) is 12.6. The maximum atomic E-state index is 13.0. The van der Waals surface area contributed by atoms with Gasteiger partial charge in [0, 0.05) is 30.8 Å². The summed E-state index contributed by atoms with van der Waals surface area (Å²) in [6.07, 6.45) is 7.34. The van der Waals surface area contributed by atoms with Gasteiger partial charge < -0.3 is 14.4 Å². The van der Waals surface area contributed by atoms with Crippen LogP contribution in [0.5, 0.6) is 11.5 Å². The Balaban J connectivity index is 2.45. The molecule has 0 saturated heterocycles. The van der Waals surface area contributed by atoms with Crippen LogP contribution in [-0.4, -0.2) is 43.9 Å². The largest absolute Gasteiger partial charge is 0.493 e. The highest BCUT2D eigenvalue weighted by Gasteiger charge is 2.23. The lowest BCUT2D eigenvalue weighted by Crippen LogP contribution is -2.21. The predicted molar refractivity (Wildman–Crippen MR) is 144 cm³/mol. The van der Waals surface area contributed by atoms with E-state index < -0.39 is 0 Å². The van der Waals surface area contributed by atoms with Crippen molar-refractivity contribution in [3.63, 3.8) is 0 Å². The van der Waals surface area contributed by atoms with Crippen molar-refractivity contribution in [2.24, 2.45) is 0 Å². The highest BCUT2D eigenvalue weighted by molar-refractivity contribution is 6.07. The number of unbranched alkanes of at least 4 members (excludes halogenated alkanes) is 2. The van der Waals surface area contributed by atoms with Crippen molar-refractivity contribution in [3.8, 4) is 11.5 Å². The number of hydrogen-bond acceptors (Lipinski definition) is 4.